The highest BCUT2D eigenvalue weighted by Gasteiger charge is 2.29. The van der Waals surface area contributed by atoms with Gasteiger partial charge in [-0.2, -0.15) is 0 Å². The van der Waals surface area contributed by atoms with Crippen molar-refractivity contribution in [3.05, 3.63) is 23.7 Å². The van der Waals surface area contributed by atoms with Crippen LogP contribution in [-0.2, 0) is 13.1 Å². The first-order valence-corrected chi connectivity index (χ1v) is 8.59. The van der Waals surface area contributed by atoms with Crippen LogP contribution in [0.25, 0.3) is 0 Å². The van der Waals surface area contributed by atoms with Gasteiger partial charge in [-0.15, -0.1) is 0 Å². The van der Waals surface area contributed by atoms with Crippen LogP contribution in [0.15, 0.2) is 16.7 Å². The van der Waals surface area contributed by atoms with E-state index in [1.54, 1.807) is 0 Å². The van der Waals surface area contributed by atoms with Crippen molar-refractivity contribution in [2.75, 3.05) is 32.7 Å². The molecule has 0 radical (unpaired) electrons. The molecular weight excluding hydrogens is 262 g/mol. The van der Waals surface area contributed by atoms with Gasteiger partial charge in [0.2, 0.25) is 0 Å². The van der Waals surface area contributed by atoms with Crippen molar-refractivity contribution in [2.45, 2.75) is 51.7 Å². The van der Waals surface area contributed by atoms with Crippen molar-refractivity contribution in [3.8, 4) is 0 Å². The molecule has 2 saturated heterocycles. The van der Waals surface area contributed by atoms with Crippen LogP contribution in [0.4, 0.5) is 0 Å². The van der Waals surface area contributed by atoms with Crippen LogP contribution in [-0.4, -0.2) is 48.6 Å². The molecule has 4 nitrogen and oxygen atoms in total. The predicted octanol–water partition coefficient (Wildman–Crippen LogP) is 2.45. The molecule has 21 heavy (non-hydrogen) atoms. The van der Waals surface area contributed by atoms with Crippen molar-refractivity contribution < 1.29 is 4.42 Å². The molecule has 1 aromatic rings. The quantitative estimate of drug-likeness (QED) is 0.782. The lowest BCUT2D eigenvalue weighted by Gasteiger charge is -2.23. The zero-order valence-electron chi connectivity index (χ0n) is 13.3. The summed E-state index contributed by atoms with van der Waals surface area (Å²) in [5.41, 5.74) is 1.36. The Hall–Kier alpha value is -0.840. The third-order valence-electron chi connectivity index (χ3n) is 4.85. The zero-order chi connectivity index (χ0) is 14.5. The lowest BCUT2D eigenvalue weighted by Crippen LogP contribution is -2.35. The van der Waals surface area contributed by atoms with Gasteiger partial charge in [0.25, 0.3) is 0 Å². The molecule has 0 aliphatic carbocycles. The first-order chi connectivity index (χ1) is 10.4. The van der Waals surface area contributed by atoms with Crippen molar-refractivity contribution in [1.82, 2.24) is 15.1 Å². The molecule has 118 valence electrons. The SMILES string of the molecule is CCCNCc1occc1CN1CCC(N2CCCC2)C1. The predicted molar refractivity (Wildman–Crippen MR) is 85.2 cm³/mol. The molecule has 2 aliphatic heterocycles. The van der Waals surface area contributed by atoms with E-state index >= 15 is 0 Å². The minimum Gasteiger partial charge on any atom is -0.468 e. The van der Waals surface area contributed by atoms with Crippen LogP contribution in [0.1, 0.15) is 43.9 Å². The molecule has 3 heterocycles. The first-order valence-electron chi connectivity index (χ1n) is 8.59. The number of hydrogen-bond donors (Lipinski definition) is 1. The standard InChI is InChI=1S/C17H29N3O/c1-2-7-18-12-17-15(6-11-21-17)13-19-10-5-16(14-19)20-8-3-4-9-20/h6,11,16,18H,2-5,7-10,12-14H2,1H3. The first kappa shape index (κ1) is 15.1. The summed E-state index contributed by atoms with van der Waals surface area (Å²) < 4.78 is 5.65. The average Bonchev–Trinajstić information content (AvgIpc) is 3.20. The summed E-state index contributed by atoms with van der Waals surface area (Å²) in [6, 6.07) is 2.94. The number of likely N-dealkylation sites (tertiary alicyclic amines) is 2. The maximum absolute atomic E-state index is 5.65. The van der Waals surface area contributed by atoms with E-state index in [0.29, 0.717) is 0 Å². The van der Waals surface area contributed by atoms with E-state index in [4.69, 9.17) is 4.42 Å². The molecule has 3 rings (SSSR count). The van der Waals surface area contributed by atoms with Gasteiger partial charge in [0, 0.05) is 31.2 Å². The van der Waals surface area contributed by atoms with E-state index in [9.17, 15) is 0 Å². The van der Waals surface area contributed by atoms with Crippen molar-refractivity contribution in [1.29, 1.82) is 0 Å². The van der Waals surface area contributed by atoms with Crippen molar-refractivity contribution in [3.63, 3.8) is 0 Å². The summed E-state index contributed by atoms with van der Waals surface area (Å²) in [7, 11) is 0. The molecule has 0 amide bonds. The molecule has 0 spiro atoms. The van der Waals surface area contributed by atoms with Gasteiger partial charge in [-0.25, -0.2) is 0 Å². The van der Waals surface area contributed by atoms with E-state index in [2.05, 4.69) is 28.1 Å². The fourth-order valence-corrected chi connectivity index (χ4v) is 3.64. The average molecular weight is 291 g/mol. The summed E-state index contributed by atoms with van der Waals surface area (Å²) in [4.78, 5) is 5.29. The van der Waals surface area contributed by atoms with Crippen LogP contribution in [0, 0.1) is 0 Å². The Labute approximate surface area is 128 Å². The second-order valence-electron chi connectivity index (χ2n) is 6.47. The summed E-state index contributed by atoms with van der Waals surface area (Å²) in [5.74, 6) is 1.12. The van der Waals surface area contributed by atoms with E-state index in [1.807, 2.05) is 6.26 Å². The lowest BCUT2D eigenvalue weighted by molar-refractivity contribution is 0.229. The Morgan fingerprint density at radius 1 is 1.29 bits per heavy atom. The Balaban J connectivity index is 1.49. The third kappa shape index (κ3) is 3.87. The zero-order valence-corrected chi connectivity index (χ0v) is 13.3. The molecule has 1 N–H and O–H groups in total. The Morgan fingerprint density at radius 2 is 2.14 bits per heavy atom. The molecule has 0 saturated carbocycles. The molecule has 2 fully saturated rings. The monoisotopic (exact) mass is 291 g/mol. The minimum atomic E-state index is 0.793. The Bertz CT molecular complexity index is 425. The number of furan rings is 1. The summed E-state index contributed by atoms with van der Waals surface area (Å²) >= 11 is 0. The normalized spacial score (nSPS) is 24.1. The van der Waals surface area contributed by atoms with E-state index in [1.165, 1.54) is 57.4 Å². The highest BCUT2D eigenvalue weighted by Crippen LogP contribution is 2.23. The van der Waals surface area contributed by atoms with Gasteiger partial charge in [0.05, 0.1) is 12.8 Å². The number of rotatable bonds is 7. The minimum absolute atomic E-state index is 0.793. The second kappa shape index (κ2) is 7.43. The van der Waals surface area contributed by atoms with Gasteiger partial charge in [-0.05, 0) is 51.4 Å². The molecule has 1 aromatic heterocycles. The molecule has 1 atom stereocenters. The Kier molecular flexibility index (Phi) is 5.33. The van der Waals surface area contributed by atoms with E-state index in [-0.39, 0.29) is 0 Å². The fourth-order valence-electron chi connectivity index (χ4n) is 3.64. The lowest BCUT2D eigenvalue weighted by atomic mass is 10.2. The van der Waals surface area contributed by atoms with Crippen molar-refractivity contribution >= 4 is 0 Å². The van der Waals surface area contributed by atoms with Crippen molar-refractivity contribution in [2.24, 2.45) is 0 Å². The molecular formula is C17H29N3O. The summed E-state index contributed by atoms with van der Waals surface area (Å²) in [6.45, 7) is 10.2. The molecule has 0 bridgehead atoms. The van der Waals surface area contributed by atoms with E-state index < -0.39 is 0 Å². The number of nitrogens with zero attached hydrogens (tertiary/aromatic N) is 2. The van der Waals surface area contributed by atoms with Gasteiger partial charge < -0.3 is 9.73 Å². The summed E-state index contributed by atoms with van der Waals surface area (Å²) in [5, 5.41) is 3.44. The van der Waals surface area contributed by atoms with Crippen LogP contribution in [0.3, 0.4) is 0 Å². The van der Waals surface area contributed by atoms with Gasteiger partial charge >= 0.3 is 0 Å². The smallest absolute Gasteiger partial charge is 0.122 e. The second-order valence-corrected chi connectivity index (χ2v) is 6.47. The molecule has 1 unspecified atom stereocenters. The van der Waals surface area contributed by atoms with Crippen LogP contribution < -0.4 is 5.32 Å². The van der Waals surface area contributed by atoms with Crippen LogP contribution in [0.2, 0.25) is 0 Å². The summed E-state index contributed by atoms with van der Waals surface area (Å²) in [6.07, 6.45) is 7.13. The number of hydrogen-bond acceptors (Lipinski definition) is 4. The number of nitrogens with one attached hydrogen (secondary N) is 1. The van der Waals surface area contributed by atoms with E-state index in [0.717, 1.165) is 31.4 Å². The largest absolute Gasteiger partial charge is 0.468 e. The van der Waals surface area contributed by atoms with Gasteiger partial charge in [0.15, 0.2) is 0 Å². The van der Waals surface area contributed by atoms with Crippen LogP contribution in [0.5, 0.6) is 0 Å². The topological polar surface area (TPSA) is 31.7 Å². The maximum Gasteiger partial charge on any atom is 0.122 e. The highest BCUT2D eigenvalue weighted by molar-refractivity contribution is 5.17. The molecule has 4 heteroatoms. The maximum atomic E-state index is 5.65. The molecule has 2 aliphatic rings. The van der Waals surface area contributed by atoms with Gasteiger partial charge in [0.1, 0.15) is 5.76 Å². The van der Waals surface area contributed by atoms with Gasteiger partial charge in [-0.1, -0.05) is 6.92 Å². The molecule has 0 aromatic carbocycles. The Morgan fingerprint density at radius 3 is 2.95 bits per heavy atom. The third-order valence-corrected chi connectivity index (χ3v) is 4.85. The van der Waals surface area contributed by atoms with Crippen LogP contribution >= 0.6 is 0 Å². The van der Waals surface area contributed by atoms with Gasteiger partial charge in [-0.3, -0.25) is 9.80 Å². The fraction of sp³-hybridized carbons (Fsp3) is 0.765. The highest BCUT2D eigenvalue weighted by atomic mass is 16.3.